The first-order valence-electron chi connectivity index (χ1n) is 11.7. The minimum atomic E-state index is -0.699. The zero-order chi connectivity index (χ0) is 25.6. The second-order valence-corrected chi connectivity index (χ2v) is 8.82. The van der Waals surface area contributed by atoms with Gasteiger partial charge in [0.1, 0.15) is 22.9 Å². The van der Waals surface area contributed by atoms with Crippen LogP contribution in [0.25, 0.3) is 5.69 Å². The number of fused-ring (bicyclic) bond motifs is 1. The van der Waals surface area contributed by atoms with Crippen LogP contribution < -0.4 is 25.0 Å². The Morgan fingerprint density at radius 3 is 2.39 bits per heavy atom. The minimum absolute atomic E-state index is 0.0653. The van der Waals surface area contributed by atoms with Crippen molar-refractivity contribution < 1.29 is 23.9 Å². The van der Waals surface area contributed by atoms with Gasteiger partial charge in [-0.05, 0) is 55.7 Å². The predicted molar refractivity (Wildman–Crippen MR) is 133 cm³/mol. The lowest BCUT2D eigenvalue weighted by atomic mass is 10.0. The maximum Gasteiger partial charge on any atom is 0.277 e. The van der Waals surface area contributed by atoms with Crippen molar-refractivity contribution in [1.82, 2.24) is 9.78 Å². The number of nitrogens with zero attached hydrogens (tertiary/aromatic N) is 4. The van der Waals surface area contributed by atoms with Crippen molar-refractivity contribution in [2.75, 3.05) is 37.1 Å². The van der Waals surface area contributed by atoms with E-state index in [0.29, 0.717) is 48.7 Å². The van der Waals surface area contributed by atoms with E-state index in [4.69, 9.17) is 15.2 Å². The number of primary amides is 1. The summed E-state index contributed by atoms with van der Waals surface area (Å²) in [5.41, 5.74) is 9.37. The first-order valence-corrected chi connectivity index (χ1v) is 11.7. The van der Waals surface area contributed by atoms with Gasteiger partial charge in [-0.1, -0.05) is 0 Å². The molecule has 10 heteroatoms. The van der Waals surface area contributed by atoms with Gasteiger partial charge in [-0.15, -0.1) is 0 Å². The molecule has 0 bridgehead atoms. The molecule has 2 aromatic carbocycles. The third kappa shape index (κ3) is 3.74. The fraction of sp³-hybridized carbons (Fsp3) is 0.308. The molecule has 2 aliphatic heterocycles. The van der Waals surface area contributed by atoms with Crippen molar-refractivity contribution in [3.05, 3.63) is 58.9 Å². The van der Waals surface area contributed by atoms with Crippen LogP contribution in [0.15, 0.2) is 36.4 Å². The molecule has 1 fully saturated rings. The lowest BCUT2D eigenvalue weighted by molar-refractivity contribution is -0.117. The summed E-state index contributed by atoms with van der Waals surface area (Å²) in [6.45, 7) is 2.98. The van der Waals surface area contributed by atoms with Crippen molar-refractivity contribution in [3.63, 3.8) is 0 Å². The van der Waals surface area contributed by atoms with Gasteiger partial charge in [-0.25, -0.2) is 4.68 Å². The summed E-state index contributed by atoms with van der Waals surface area (Å²) < 4.78 is 12.2. The maximum atomic E-state index is 13.9. The summed E-state index contributed by atoms with van der Waals surface area (Å²) in [6.07, 6.45) is 1.80. The van der Waals surface area contributed by atoms with E-state index in [2.05, 4.69) is 5.10 Å². The van der Waals surface area contributed by atoms with E-state index in [-0.39, 0.29) is 23.2 Å². The highest BCUT2D eigenvalue weighted by Crippen LogP contribution is 2.35. The van der Waals surface area contributed by atoms with Crippen LogP contribution in [0.1, 0.15) is 44.9 Å². The molecule has 0 radical (unpaired) electrons. The molecule has 5 rings (SSSR count). The molecule has 3 heterocycles. The van der Waals surface area contributed by atoms with Crippen LogP contribution in [0.2, 0.25) is 0 Å². The molecule has 2 aliphatic rings. The molecule has 0 unspecified atom stereocenters. The molecule has 0 aliphatic carbocycles. The van der Waals surface area contributed by atoms with E-state index in [1.807, 2.05) is 25.1 Å². The second kappa shape index (κ2) is 9.03. The average Bonchev–Trinajstić information content (AvgIpc) is 3.48. The molecule has 2 N–H and O–H groups in total. The van der Waals surface area contributed by atoms with Crippen LogP contribution in [0, 0.1) is 6.92 Å². The number of carbonyl (C=O) groups is 3. The summed E-state index contributed by atoms with van der Waals surface area (Å²) in [5, 5.41) is 4.43. The molecule has 3 aromatic rings. The lowest BCUT2D eigenvalue weighted by Crippen LogP contribution is -2.39. The summed E-state index contributed by atoms with van der Waals surface area (Å²) >= 11 is 0. The molecule has 0 saturated carbocycles. The Bertz CT molecular complexity index is 1400. The molecule has 36 heavy (non-hydrogen) atoms. The average molecular weight is 490 g/mol. The molecule has 10 nitrogen and oxygen atoms in total. The number of anilines is 2. The lowest BCUT2D eigenvalue weighted by Gasteiger charge is -2.30. The van der Waals surface area contributed by atoms with Crippen molar-refractivity contribution in [3.8, 4) is 17.2 Å². The minimum Gasteiger partial charge on any atom is -0.497 e. The van der Waals surface area contributed by atoms with Gasteiger partial charge in [0, 0.05) is 42.5 Å². The Morgan fingerprint density at radius 2 is 1.75 bits per heavy atom. The zero-order valence-electron chi connectivity index (χ0n) is 20.4. The van der Waals surface area contributed by atoms with Crippen LogP contribution in [0.3, 0.4) is 0 Å². The van der Waals surface area contributed by atoms with Gasteiger partial charge in [0.2, 0.25) is 5.91 Å². The summed E-state index contributed by atoms with van der Waals surface area (Å²) in [4.78, 5) is 41.7. The molecular formula is C26H27N5O5. The van der Waals surface area contributed by atoms with E-state index in [1.54, 1.807) is 35.1 Å². The van der Waals surface area contributed by atoms with Gasteiger partial charge in [0.25, 0.3) is 11.8 Å². The molecule has 0 atom stereocenters. The smallest absolute Gasteiger partial charge is 0.277 e. The maximum absolute atomic E-state index is 13.9. The fourth-order valence-corrected chi connectivity index (χ4v) is 4.95. The zero-order valence-corrected chi connectivity index (χ0v) is 20.4. The number of nitrogens with two attached hydrogens (primary N) is 1. The van der Waals surface area contributed by atoms with Crippen LogP contribution in [0.4, 0.5) is 11.4 Å². The highest BCUT2D eigenvalue weighted by molar-refractivity contribution is 6.10. The van der Waals surface area contributed by atoms with Crippen molar-refractivity contribution in [2.45, 2.75) is 26.2 Å². The predicted octanol–water partition coefficient (Wildman–Crippen LogP) is 2.63. The monoisotopic (exact) mass is 489 g/mol. The Morgan fingerprint density at radius 1 is 0.972 bits per heavy atom. The number of rotatable bonds is 6. The van der Waals surface area contributed by atoms with Crippen LogP contribution in [-0.4, -0.2) is 54.8 Å². The third-order valence-corrected chi connectivity index (χ3v) is 6.72. The van der Waals surface area contributed by atoms with Gasteiger partial charge in [0.05, 0.1) is 14.2 Å². The van der Waals surface area contributed by atoms with E-state index < -0.39 is 5.91 Å². The number of benzene rings is 2. The second-order valence-electron chi connectivity index (χ2n) is 8.82. The Labute approximate surface area is 208 Å². The first-order chi connectivity index (χ1) is 17.3. The standard InChI is InChI=1S/C26H27N5O5/c1-15-13-16(29-11-4-5-22(29)32)6-8-19(15)30-12-10-18-23(25(27)33)28-31(24(18)26(30)34)20-9-7-17(35-2)14-21(20)36-3/h6-9,13-14H,4-5,10-12H2,1-3H3,(H2,27,33). The molecule has 0 spiro atoms. The number of methoxy groups -OCH3 is 2. The number of aryl methyl sites for hydroxylation is 1. The summed E-state index contributed by atoms with van der Waals surface area (Å²) in [6, 6.07) is 10.8. The van der Waals surface area contributed by atoms with Gasteiger partial charge in [-0.3, -0.25) is 14.4 Å². The van der Waals surface area contributed by atoms with E-state index in [0.717, 1.165) is 23.4 Å². The number of carbonyl (C=O) groups excluding carboxylic acids is 3. The molecule has 1 aromatic heterocycles. The van der Waals surface area contributed by atoms with Gasteiger partial charge >= 0.3 is 0 Å². The van der Waals surface area contributed by atoms with Crippen molar-refractivity contribution in [1.29, 1.82) is 0 Å². The Balaban J connectivity index is 1.58. The highest BCUT2D eigenvalue weighted by atomic mass is 16.5. The van der Waals surface area contributed by atoms with Crippen LogP contribution >= 0.6 is 0 Å². The first kappa shape index (κ1) is 23.4. The summed E-state index contributed by atoms with van der Waals surface area (Å²) in [7, 11) is 3.05. The van der Waals surface area contributed by atoms with Gasteiger partial charge in [0.15, 0.2) is 5.69 Å². The Hall–Kier alpha value is -4.34. The third-order valence-electron chi connectivity index (χ3n) is 6.72. The quantitative estimate of drug-likeness (QED) is 0.568. The molecule has 1 saturated heterocycles. The van der Waals surface area contributed by atoms with Gasteiger partial charge in [-0.2, -0.15) is 5.10 Å². The fourth-order valence-electron chi connectivity index (χ4n) is 4.95. The number of aromatic nitrogens is 2. The largest absolute Gasteiger partial charge is 0.497 e. The summed E-state index contributed by atoms with van der Waals surface area (Å²) in [5.74, 6) is 0.109. The molecule has 186 valence electrons. The van der Waals surface area contributed by atoms with E-state index >= 15 is 0 Å². The highest BCUT2D eigenvalue weighted by Gasteiger charge is 2.36. The number of hydrogen-bond donors (Lipinski definition) is 1. The van der Waals surface area contributed by atoms with E-state index in [9.17, 15) is 14.4 Å². The number of amides is 3. The van der Waals surface area contributed by atoms with E-state index in [1.165, 1.54) is 11.8 Å². The topological polar surface area (TPSA) is 120 Å². The molecule has 3 amide bonds. The number of ether oxygens (including phenoxy) is 2. The SMILES string of the molecule is COc1ccc(-n2nc(C(N)=O)c3c2C(=O)N(c2ccc(N4CCCC4=O)cc2C)CC3)c(OC)c1. The van der Waals surface area contributed by atoms with Crippen LogP contribution in [-0.2, 0) is 11.2 Å². The van der Waals surface area contributed by atoms with Crippen LogP contribution in [0.5, 0.6) is 11.5 Å². The van der Waals surface area contributed by atoms with Crippen molar-refractivity contribution >= 4 is 29.1 Å². The Kier molecular flexibility index (Phi) is 5.87. The number of hydrogen-bond acceptors (Lipinski definition) is 6. The normalized spacial score (nSPS) is 15.3. The van der Waals surface area contributed by atoms with Crippen molar-refractivity contribution in [2.24, 2.45) is 5.73 Å². The van der Waals surface area contributed by atoms with Gasteiger partial charge < -0.3 is 25.0 Å². The molecular weight excluding hydrogens is 462 g/mol.